The Hall–Kier alpha value is -0.610. The Morgan fingerprint density at radius 3 is 2.67 bits per heavy atom. The summed E-state index contributed by atoms with van der Waals surface area (Å²) in [5.74, 6) is 1.86. The van der Waals surface area contributed by atoms with Gasteiger partial charge in [-0.15, -0.1) is 0 Å². The van der Waals surface area contributed by atoms with E-state index >= 15 is 0 Å². The number of ether oxygens (including phenoxy) is 1. The standard InChI is InChI=1S/C14H19BrN2O/c15-12-3-4-14(16-10-12)17-7-5-11(6-8-17)13-2-1-9-18-13/h3-4,10-11,13H,1-2,5-9H2. The van der Waals surface area contributed by atoms with Crippen molar-refractivity contribution in [1.29, 1.82) is 0 Å². The van der Waals surface area contributed by atoms with Crippen molar-refractivity contribution in [1.82, 2.24) is 4.98 Å². The third kappa shape index (κ3) is 2.69. The molecule has 3 rings (SSSR count). The minimum Gasteiger partial charge on any atom is -0.378 e. The van der Waals surface area contributed by atoms with Gasteiger partial charge in [0.2, 0.25) is 0 Å². The van der Waals surface area contributed by atoms with Gasteiger partial charge < -0.3 is 9.64 Å². The second-order valence-electron chi connectivity index (χ2n) is 5.21. The first kappa shape index (κ1) is 12.4. The topological polar surface area (TPSA) is 25.4 Å². The normalized spacial score (nSPS) is 25.6. The zero-order valence-corrected chi connectivity index (χ0v) is 12.1. The summed E-state index contributed by atoms with van der Waals surface area (Å²) < 4.78 is 6.85. The smallest absolute Gasteiger partial charge is 0.128 e. The first-order valence-electron chi connectivity index (χ1n) is 6.81. The van der Waals surface area contributed by atoms with Crippen LogP contribution in [0.3, 0.4) is 0 Å². The van der Waals surface area contributed by atoms with E-state index in [1.807, 2.05) is 6.20 Å². The minimum atomic E-state index is 0.532. The summed E-state index contributed by atoms with van der Waals surface area (Å²) in [6.07, 6.45) is 7.40. The quantitative estimate of drug-likeness (QED) is 0.838. The van der Waals surface area contributed by atoms with Gasteiger partial charge in [-0.25, -0.2) is 4.98 Å². The van der Waals surface area contributed by atoms with E-state index in [4.69, 9.17) is 4.74 Å². The van der Waals surface area contributed by atoms with Crippen molar-refractivity contribution in [3.05, 3.63) is 22.8 Å². The molecule has 0 N–H and O–H groups in total. The zero-order valence-electron chi connectivity index (χ0n) is 10.5. The van der Waals surface area contributed by atoms with E-state index < -0.39 is 0 Å². The maximum atomic E-state index is 5.81. The van der Waals surface area contributed by atoms with Crippen molar-refractivity contribution < 1.29 is 4.74 Å². The monoisotopic (exact) mass is 310 g/mol. The summed E-state index contributed by atoms with van der Waals surface area (Å²) in [6.45, 7) is 3.19. The molecule has 3 nitrogen and oxygen atoms in total. The van der Waals surface area contributed by atoms with Crippen LogP contribution in [0.1, 0.15) is 25.7 Å². The maximum Gasteiger partial charge on any atom is 0.128 e. The summed E-state index contributed by atoms with van der Waals surface area (Å²) in [5, 5.41) is 0. The van der Waals surface area contributed by atoms with Crippen LogP contribution in [0.2, 0.25) is 0 Å². The van der Waals surface area contributed by atoms with Gasteiger partial charge >= 0.3 is 0 Å². The average molecular weight is 311 g/mol. The number of rotatable bonds is 2. The van der Waals surface area contributed by atoms with Crippen LogP contribution in [0.4, 0.5) is 5.82 Å². The van der Waals surface area contributed by atoms with Crippen LogP contribution in [-0.4, -0.2) is 30.8 Å². The lowest BCUT2D eigenvalue weighted by molar-refractivity contribution is 0.0531. The minimum absolute atomic E-state index is 0.532. The number of hydrogen-bond donors (Lipinski definition) is 0. The molecule has 0 saturated carbocycles. The lowest BCUT2D eigenvalue weighted by Gasteiger charge is -2.35. The Kier molecular flexibility index (Phi) is 3.85. The largest absolute Gasteiger partial charge is 0.378 e. The van der Waals surface area contributed by atoms with Gasteiger partial charge in [0.05, 0.1) is 6.10 Å². The molecule has 2 aliphatic rings. The molecule has 0 amide bonds. The van der Waals surface area contributed by atoms with Crippen LogP contribution < -0.4 is 4.90 Å². The fraction of sp³-hybridized carbons (Fsp3) is 0.643. The second kappa shape index (κ2) is 5.57. The predicted molar refractivity (Wildman–Crippen MR) is 75.8 cm³/mol. The molecule has 0 radical (unpaired) electrons. The SMILES string of the molecule is Brc1ccc(N2CCC(C3CCCO3)CC2)nc1. The van der Waals surface area contributed by atoms with Crippen LogP contribution in [0.5, 0.6) is 0 Å². The van der Waals surface area contributed by atoms with E-state index in [0.29, 0.717) is 6.10 Å². The number of pyridine rings is 1. The summed E-state index contributed by atoms with van der Waals surface area (Å²) in [7, 11) is 0. The number of aromatic nitrogens is 1. The molecule has 2 fully saturated rings. The molecule has 1 atom stereocenters. The lowest BCUT2D eigenvalue weighted by Crippen LogP contribution is -2.38. The summed E-state index contributed by atoms with van der Waals surface area (Å²) in [4.78, 5) is 6.86. The highest BCUT2D eigenvalue weighted by molar-refractivity contribution is 9.10. The van der Waals surface area contributed by atoms with Gasteiger partial charge in [0, 0.05) is 30.4 Å². The zero-order chi connectivity index (χ0) is 12.4. The lowest BCUT2D eigenvalue weighted by atomic mass is 9.90. The fourth-order valence-electron chi connectivity index (χ4n) is 3.03. The Morgan fingerprint density at radius 2 is 2.06 bits per heavy atom. The molecule has 2 saturated heterocycles. The molecular weight excluding hydrogens is 292 g/mol. The van der Waals surface area contributed by atoms with Crippen LogP contribution >= 0.6 is 15.9 Å². The molecule has 0 bridgehead atoms. The third-order valence-electron chi connectivity index (χ3n) is 4.07. The van der Waals surface area contributed by atoms with E-state index in [2.05, 4.69) is 37.9 Å². The van der Waals surface area contributed by atoms with Gasteiger partial charge in [-0.1, -0.05) is 0 Å². The molecule has 98 valence electrons. The number of nitrogens with zero attached hydrogens (tertiary/aromatic N) is 2. The maximum absolute atomic E-state index is 5.81. The Balaban J connectivity index is 1.57. The van der Waals surface area contributed by atoms with Gasteiger partial charge in [-0.2, -0.15) is 0 Å². The molecule has 2 aliphatic heterocycles. The predicted octanol–water partition coefficient (Wildman–Crippen LogP) is 3.24. The summed E-state index contributed by atoms with van der Waals surface area (Å²) in [5.41, 5.74) is 0. The number of piperidine rings is 1. The van der Waals surface area contributed by atoms with Crippen LogP contribution in [-0.2, 0) is 4.74 Å². The molecule has 4 heteroatoms. The van der Waals surface area contributed by atoms with Crippen LogP contribution in [0, 0.1) is 5.92 Å². The van der Waals surface area contributed by atoms with Gasteiger partial charge in [0.25, 0.3) is 0 Å². The number of halogens is 1. The first-order chi connectivity index (χ1) is 8.83. The molecule has 18 heavy (non-hydrogen) atoms. The van der Waals surface area contributed by atoms with Gasteiger partial charge in [-0.3, -0.25) is 0 Å². The van der Waals surface area contributed by atoms with Crippen molar-refractivity contribution in [3.63, 3.8) is 0 Å². The van der Waals surface area contributed by atoms with E-state index in [1.165, 1.54) is 25.7 Å². The fourth-order valence-corrected chi connectivity index (χ4v) is 3.26. The van der Waals surface area contributed by atoms with E-state index in [1.54, 1.807) is 0 Å². The second-order valence-corrected chi connectivity index (χ2v) is 6.13. The Bertz CT molecular complexity index is 381. The van der Waals surface area contributed by atoms with Crippen molar-refractivity contribution >= 4 is 21.7 Å². The molecule has 1 unspecified atom stereocenters. The third-order valence-corrected chi connectivity index (χ3v) is 4.54. The summed E-state index contributed by atoms with van der Waals surface area (Å²) >= 11 is 3.43. The number of anilines is 1. The van der Waals surface area contributed by atoms with Crippen molar-refractivity contribution in [3.8, 4) is 0 Å². The van der Waals surface area contributed by atoms with Crippen LogP contribution in [0.25, 0.3) is 0 Å². The highest BCUT2D eigenvalue weighted by atomic mass is 79.9. The molecule has 0 spiro atoms. The van der Waals surface area contributed by atoms with E-state index in [0.717, 1.165) is 35.9 Å². The molecule has 0 aromatic carbocycles. The van der Waals surface area contributed by atoms with Crippen molar-refractivity contribution in [2.24, 2.45) is 5.92 Å². The number of hydrogen-bond acceptors (Lipinski definition) is 3. The van der Waals surface area contributed by atoms with Gasteiger partial charge in [0.15, 0.2) is 0 Å². The molecule has 1 aromatic heterocycles. The highest BCUT2D eigenvalue weighted by Gasteiger charge is 2.29. The van der Waals surface area contributed by atoms with Crippen LogP contribution in [0.15, 0.2) is 22.8 Å². The summed E-state index contributed by atoms with van der Waals surface area (Å²) in [6, 6.07) is 4.16. The van der Waals surface area contributed by atoms with Gasteiger partial charge in [-0.05, 0) is 59.7 Å². The Labute approximate surface area is 117 Å². The van der Waals surface area contributed by atoms with Crippen molar-refractivity contribution in [2.75, 3.05) is 24.6 Å². The molecular formula is C14H19BrN2O. The highest BCUT2D eigenvalue weighted by Crippen LogP contribution is 2.30. The van der Waals surface area contributed by atoms with E-state index in [9.17, 15) is 0 Å². The molecule has 3 heterocycles. The first-order valence-corrected chi connectivity index (χ1v) is 7.60. The average Bonchev–Trinajstić information content (AvgIpc) is 2.94. The van der Waals surface area contributed by atoms with Crippen molar-refractivity contribution in [2.45, 2.75) is 31.8 Å². The Morgan fingerprint density at radius 1 is 1.22 bits per heavy atom. The molecule has 1 aromatic rings. The van der Waals surface area contributed by atoms with E-state index in [-0.39, 0.29) is 0 Å². The molecule has 0 aliphatic carbocycles. The van der Waals surface area contributed by atoms with Gasteiger partial charge in [0.1, 0.15) is 5.82 Å².